The van der Waals surface area contributed by atoms with Gasteiger partial charge in [-0.05, 0) is 62.6 Å². The van der Waals surface area contributed by atoms with Crippen LogP contribution in [-0.2, 0) is 28.5 Å². The SMILES string of the molecule is CCOC(=O)C(C/C(Br)=C/c1ccccc1)(C[C@@H]1O[C@@H]2C[C@H](C)CC[C@H]2C(C)(C)O1)C(=O)OCC. The van der Waals surface area contributed by atoms with Gasteiger partial charge in [0, 0.05) is 18.8 Å². The topological polar surface area (TPSA) is 71.1 Å². The predicted octanol–water partition coefficient (Wildman–Crippen LogP) is 6.27. The Morgan fingerprint density at radius 3 is 2.34 bits per heavy atom. The van der Waals surface area contributed by atoms with Crippen LogP contribution in [0.25, 0.3) is 6.08 Å². The molecule has 0 unspecified atom stereocenters. The maximum Gasteiger partial charge on any atom is 0.324 e. The molecule has 0 amide bonds. The van der Waals surface area contributed by atoms with E-state index in [1.165, 1.54) is 0 Å². The van der Waals surface area contributed by atoms with E-state index >= 15 is 0 Å². The lowest BCUT2D eigenvalue weighted by molar-refractivity contribution is -0.316. The molecule has 6 nitrogen and oxygen atoms in total. The molecular weight excluding hydrogens is 512 g/mol. The summed E-state index contributed by atoms with van der Waals surface area (Å²) in [4.78, 5) is 26.9. The summed E-state index contributed by atoms with van der Waals surface area (Å²) in [5.41, 5.74) is -1.09. The normalized spacial score (nSPS) is 26.5. The van der Waals surface area contributed by atoms with Gasteiger partial charge in [-0.1, -0.05) is 59.6 Å². The Morgan fingerprint density at radius 1 is 1.11 bits per heavy atom. The second kappa shape index (κ2) is 12.0. The van der Waals surface area contributed by atoms with Gasteiger partial charge in [-0.15, -0.1) is 0 Å². The third-order valence-electron chi connectivity index (χ3n) is 7.15. The Kier molecular flexibility index (Phi) is 9.58. The van der Waals surface area contributed by atoms with Crippen molar-refractivity contribution in [3.8, 4) is 0 Å². The Labute approximate surface area is 217 Å². The van der Waals surface area contributed by atoms with E-state index in [4.69, 9.17) is 18.9 Å². The summed E-state index contributed by atoms with van der Waals surface area (Å²) in [6.07, 6.45) is 4.42. The van der Waals surface area contributed by atoms with Crippen LogP contribution >= 0.6 is 15.9 Å². The minimum absolute atomic E-state index is 0.0173. The molecule has 1 saturated heterocycles. The van der Waals surface area contributed by atoms with Crippen molar-refractivity contribution in [3.63, 3.8) is 0 Å². The van der Waals surface area contributed by atoms with Crippen molar-refractivity contribution in [1.82, 2.24) is 0 Å². The van der Waals surface area contributed by atoms with Gasteiger partial charge < -0.3 is 18.9 Å². The fourth-order valence-corrected chi connectivity index (χ4v) is 6.11. The van der Waals surface area contributed by atoms with Gasteiger partial charge in [-0.2, -0.15) is 0 Å². The van der Waals surface area contributed by atoms with Crippen molar-refractivity contribution in [2.45, 2.75) is 84.7 Å². The van der Waals surface area contributed by atoms with Gasteiger partial charge in [0.2, 0.25) is 0 Å². The highest BCUT2D eigenvalue weighted by molar-refractivity contribution is 9.11. The molecule has 1 heterocycles. The van der Waals surface area contributed by atoms with Crippen LogP contribution in [0.2, 0.25) is 0 Å². The van der Waals surface area contributed by atoms with Crippen molar-refractivity contribution in [3.05, 3.63) is 40.4 Å². The first-order valence-electron chi connectivity index (χ1n) is 12.7. The van der Waals surface area contributed by atoms with Crippen molar-refractivity contribution in [1.29, 1.82) is 0 Å². The fraction of sp³-hybridized carbons (Fsp3) is 0.643. The molecule has 1 aromatic carbocycles. The summed E-state index contributed by atoms with van der Waals surface area (Å²) >= 11 is 3.60. The number of halogens is 1. The minimum Gasteiger partial charge on any atom is -0.465 e. The molecule has 1 aliphatic carbocycles. The van der Waals surface area contributed by atoms with Crippen LogP contribution in [0.5, 0.6) is 0 Å². The molecule has 7 heteroatoms. The molecule has 4 atom stereocenters. The molecule has 0 spiro atoms. The number of rotatable bonds is 9. The second-order valence-corrected chi connectivity index (χ2v) is 11.3. The third-order valence-corrected chi connectivity index (χ3v) is 7.66. The van der Waals surface area contributed by atoms with Crippen molar-refractivity contribution in [2.24, 2.45) is 17.3 Å². The highest BCUT2D eigenvalue weighted by Gasteiger charge is 2.55. The molecular formula is C28H39BrO6. The largest absolute Gasteiger partial charge is 0.465 e. The lowest BCUT2D eigenvalue weighted by Gasteiger charge is -2.51. The van der Waals surface area contributed by atoms with Crippen LogP contribution in [0.15, 0.2) is 34.8 Å². The van der Waals surface area contributed by atoms with Crippen molar-refractivity contribution < 1.29 is 28.5 Å². The van der Waals surface area contributed by atoms with E-state index in [1.54, 1.807) is 13.8 Å². The number of hydrogen-bond acceptors (Lipinski definition) is 6. The first-order valence-corrected chi connectivity index (χ1v) is 13.5. The van der Waals surface area contributed by atoms with E-state index in [9.17, 15) is 9.59 Å². The summed E-state index contributed by atoms with van der Waals surface area (Å²) in [7, 11) is 0. The van der Waals surface area contributed by atoms with E-state index in [-0.39, 0.29) is 38.1 Å². The molecule has 1 saturated carbocycles. The van der Waals surface area contributed by atoms with Crippen LogP contribution in [0, 0.1) is 17.3 Å². The van der Waals surface area contributed by atoms with E-state index in [2.05, 4.69) is 36.7 Å². The molecule has 0 aromatic heterocycles. The molecule has 1 aliphatic heterocycles. The Bertz CT molecular complexity index is 878. The highest BCUT2D eigenvalue weighted by atomic mass is 79.9. The lowest BCUT2D eigenvalue weighted by atomic mass is 9.72. The number of hydrogen-bond donors (Lipinski definition) is 0. The summed E-state index contributed by atoms with van der Waals surface area (Å²) in [6, 6.07) is 9.72. The Morgan fingerprint density at radius 2 is 1.74 bits per heavy atom. The predicted molar refractivity (Wildman–Crippen MR) is 139 cm³/mol. The van der Waals surface area contributed by atoms with E-state index in [0.29, 0.717) is 10.4 Å². The molecule has 194 valence electrons. The van der Waals surface area contributed by atoms with Gasteiger partial charge in [0.05, 0.1) is 24.9 Å². The second-order valence-electron chi connectivity index (χ2n) is 10.3. The number of benzene rings is 1. The fourth-order valence-electron chi connectivity index (χ4n) is 5.37. The molecule has 3 rings (SSSR count). The number of allylic oxidation sites excluding steroid dienone is 1. The smallest absolute Gasteiger partial charge is 0.324 e. The monoisotopic (exact) mass is 550 g/mol. The number of carbonyl (C=O) groups excluding carboxylic acids is 2. The van der Waals surface area contributed by atoms with Gasteiger partial charge in [0.1, 0.15) is 0 Å². The van der Waals surface area contributed by atoms with Gasteiger partial charge in [-0.3, -0.25) is 9.59 Å². The van der Waals surface area contributed by atoms with Crippen LogP contribution < -0.4 is 0 Å². The average Bonchev–Trinajstić information content (AvgIpc) is 2.78. The molecule has 0 N–H and O–H groups in total. The van der Waals surface area contributed by atoms with Gasteiger partial charge in [0.25, 0.3) is 0 Å². The standard InChI is InChI=1S/C28H39BrO6/c1-6-32-25(30)28(26(31)33-7-2,17-21(29)16-20-11-9-8-10-12-20)18-24-34-23-15-19(3)13-14-22(23)27(4,5)35-24/h8-12,16,19,22-24H,6-7,13-15,17-18H2,1-5H3/b21-16-/t19-,22-,23-,24-/m1/s1. The van der Waals surface area contributed by atoms with Crippen molar-refractivity contribution in [2.75, 3.05) is 13.2 Å². The van der Waals surface area contributed by atoms with Gasteiger partial charge in [-0.25, -0.2) is 0 Å². The average molecular weight is 552 g/mol. The molecule has 2 fully saturated rings. The maximum absolute atomic E-state index is 13.5. The first-order chi connectivity index (χ1) is 16.6. The van der Waals surface area contributed by atoms with E-state index in [1.807, 2.05) is 36.4 Å². The van der Waals surface area contributed by atoms with Crippen LogP contribution in [0.4, 0.5) is 0 Å². The number of fused-ring (bicyclic) bond motifs is 1. The van der Waals surface area contributed by atoms with E-state index < -0.39 is 29.2 Å². The zero-order valence-corrected chi connectivity index (χ0v) is 23.1. The summed E-state index contributed by atoms with van der Waals surface area (Å²) in [5, 5.41) is 0. The molecule has 35 heavy (non-hydrogen) atoms. The summed E-state index contributed by atoms with van der Waals surface area (Å²) in [5.74, 6) is -0.408. The quantitative estimate of drug-likeness (QED) is 0.266. The lowest BCUT2D eigenvalue weighted by Crippen LogP contribution is -2.56. The van der Waals surface area contributed by atoms with Crippen molar-refractivity contribution >= 4 is 33.9 Å². The molecule has 1 aromatic rings. The zero-order chi connectivity index (χ0) is 25.6. The Hall–Kier alpha value is -1.70. The Balaban J connectivity index is 1.95. The molecule has 2 aliphatic rings. The number of esters is 2. The number of carbonyl (C=O) groups is 2. The number of ether oxygens (including phenoxy) is 4. The first kappa shape index (κ1) is 27.9. The summed E-state index contributed by atoms with van der Waals surface area (Å²) in [6.45, 7) is 10.2. The van der Waals surface area contributed by atoms with Crippen LogP contribution in [0.1, 0.15) is 72.3 Å². The van der Waals surface area contributed by atoms with Gasteiger partial charge in [0.15, 0.2) is 11.7 Å². The minimum atomic E-state index is -1.61. The molecule has 0 bridgehead atoms. The van der Waals surface area contributed by atoms with Gasteiger partial charge >= 0.3 is 11.9 Å². The van der Waals surface area contributed by atoms with Crippen LogP contribution in [0.3, 0.4) is 0 Å². The highest BCUT2D eigenvalue weighted by Crippen LogP contribution is 2.47. The zero-order valence-electron chi connectivity index (χ0n) is 21.6. The summed E-state index contributed by atoms with van der Waals surface area (Å²) < 4.78 is 24.4. The molecule has 0 radical (unpaired) electrons. The maximum atomic E-state index is 13.5. The van der Waals surface area contributed by atoms with Crippen LogP contribution in [-0.4, -0.2) is 43.1 Å². The van der Waals surface area contributed by atoms with E-state index in [0.717, 1.165) is 24.8 Å². The third kappa shape index (κ3) is 6.75.